The SMILES string of the molecule is C=CS/C(=C\C)c1cc(C(C)=O)n2c1-c1cc(OC(C)C)c(OC)cc1CC2.CC.CC.CCC. The van der Waals surface area contributed by atoms with E-state index in [0.29, 0.717) is 0 Å². The van der Waals surface area contributed by atoms with Crippen molar-refractivity contribution < 1.29 is 14.3 Å². The molecule has 0 bridgehead atoms. The molecule has 5 heteroatoms. The first-order valence-electron chi connectivity index (χ1n) is 12.9. The molecule has 35 heavy (non-hydrogen) atoms. The number of ketones is 1. The molecule has 0 fully saturated rings. The summed E-state index contributed by atoms with van der Waals surface area (Å²) in [5.41, 5.74) is 5.15. The Balaban J connectivity index is 0.00000150. The number of hydrogen-bond donors (Lipinski definition) is 0. The molecule has 0 N–H and O–H groups in total. The van der Waals surface area contributed by atoms with E-state index >= 15 is 0 Å². The predicted octanol–water partition coefficient (Wildman–Crippen LogP) is 9.42. The second kappa shape index (κ2) is 17.1. The molecule has 0 saturated heterocycles. The third-order valence-corrected chi connectivity index (χ3v) is 5.68. The molecular weight excluding hydrogens is 454 g/mol. The number of carbonyl (C=O) groups excluding carboxylic acids is 1. The Bertz CT molecular complexity index is 970. The first-order valence-corrected chi connectivity index (χ1v) is 13.8. The average Bonchev–Trinajstić information content (AvgIpc) is 3.25. The Morgan fingerprint density at radius 2 is 1.74 bits per heavy atom. The zero-order chi connectivity index (χ0) is 27.1. The first kappa shape index (κ1) is 32.6. The molecule has 2 aromatic rings. The highest BCUT2D eigenvalue weighted by Gasteiger charge is 2.27. The van der Waals surface area contributed by atoms with Gasteiger partial charge in [-0.15, -0.1) is 0 Å². The Kier molecular flexibility index (Phi) is 15.9. The molecule has 1 aliphatic rings. The van der Waals surface area contributed by atoms with Gasteiger partial charge < -0.3 is 14.0 Å². The van der Waals surface area contributed by atoms with Crippen LogP contribution in [0.25, 0.3) is 16.2 Å². The summed E-state index contributed by atoms with van der Waals surface area (Å²) in [7, 11) is 1.67. The molecule has 0 unspecified atom stereocenters. The second-order valence-corrected chi connectivity index (χ2v) is 8.73. The molecule has 0 saturated carbocycles. The fourth-order valence-corrected chi connectivity index (χ4v) is 4.29. The van der Waals surface area contributed by atoms with E-state index in [4.69, 9.17) is 9.47 Å². The quantitative estimate of drug-likeness (QED) is 0.354. The van der Waals surface area contributed by atoms with Crippen molar-refractivity contribution in [3.63, 3.8) is 0 Å². The van der Waals surface area contributed by atoms with Gasteiger partial charge in [-0.25, -0.2) is 0 Å². The van der Waals surface area contributed by atoms with Crippen molar-refractivity contribution in [2.75, 3.05) is 7.11 Å². The number of aromatic nitrogens is 1. The summed E-state index contributed by atoms with van der Waals surface area (Å²) in [4.78, 5) is 13.4. The number of benzene rings is 1. The minimum Gasteiger partial charge on any atom is -0.493 e. The van der Waals surface area contributed by atoms with Gasteiger partial charge in [0.05, 0.1) is 24.6 Å². The number of nitrogens with zero attached hydrogens (tertiary/aromatic N) is 1. The molecule has 0 amide bonds. The van der Waals surface area contributed by atoms with E-state index in [2.05, 4.69) is 43.2 Å². The smallest absolute Gasteiger partial charge is 0.176 e. The predicted molar refractivity (Wildman–Crippen MR) is 156 cm³/mol. The van der Waals surface area contributed by atoms with E-state index in [-0.39, 0.29) is 11.9 Å². The Morgan fingerprint density at radius 3 is 2.20 bits per heavy atom. The lowest BCUT2D eigenvalue weighted by Crippen LogP contribution is -2.16. The standard InChI is InChI=1S/C23H27NO3S.C3H8.2C2H6/c1-7-22(28-8-2)18-12-19(15(5)25)24-10-9-16-11-20(26-6)21(27-14(3)4)13-17(16)23(18)24;1-3-2;2*1-2/h7-8,11-14H,2,9-10H2,1,3-6H3;3H2,1-2H3;2*1-2H3/b22-7-;;;. The largest absolute Gasteiger partial charge is 0.493 e. The average molecular weight is 502 g/mol. The molecule has 0 radical (unpaired) electrons. The van der Waals surface area contributed by atoms with Crippen molar-refractivity contribution in [3.05, 3.63) is 53.1 Å². The number of hydrogen-bond acceptors (Lipinski definition) is 4. The second-order valence-electron chi connectivity index (χ2n) is 7.72. The normalized spacial score (nSPS) is 11.4. The summed E-state index contributed by atoms with van der Waals surface area (Å²) in [6.07, 6.45) is 4.20. The van der Waals surface area contributed by atoms with Gasteiger partial charge in [0.2, 0.25) is 0 Å². The zero-order valence-electron chi connectivity index (χ0n) is 23.9. The van der Waals surface area contributed by atoms with Gasteiger partial charge in [-0.1, -0.05) is 72.4 Å². The molecule has 0 atom stereocenters. The molecule has 4 nitrogen and oxygen atoms in total. The minimum absolute atomic E-state index is 0.0389. The first-order chi connectivity index (χ1) is 16.8. The zero-order valence-corrected chi connectivity index (χ0v) is 24.7. The number of carbonyl (C=O) groups is 1. The van der Waals surface area contributed by atoms with Gasteiger partial charge in [0, 0.05) is 29.5 Å². The van der Waals surface area contributed by atoms with Crippen LogP contribution in [0.15, 0.2) is 36.3 Å². The van der Waals surface area contributed by atoms with Gasteiger partial charge in [0.1, 0.15) is 0 Å². The summed E-state index contributed by atoms with van der Waals surface area (Å²) in [5, 5.41) is 1.82. The van der Waals surface area contributed by atoms with Crippen molar-refractivity contribution in [1.29, 1.82) is 0 Å². The number of aryl methyl sites for hydroxylation is 1. The topological polar surface area (TPSA) is 40.5 Å². The lowest BCUT2D eigenvalue weighted by atomic mass is 9.95. The molecular formula is C30H47NO3S. The van der Waals surface area contributed by atoms with Gasteiger partial charge >= 0.3 is 0 Å². The van der Waals surface area contributed by atoms with Crippen molar-refractivity contribution >= 4 is 22.5 Å². The molecule has 1 aromatic carbocycles. The van der Waals surface area contributed by atoms with Crippen LogP contribution in [-0.2, 0) is 13.0 Å². The van der Waals surface area contributed by atoms with E-state index in [1.165, 1.54) is 12.0 Å². The van der Waals surface area contributed by atoms with E-state index in [0.717, 1.165) is 51.9 Å². The van der Waals surface area contributed by atoms with Crippen molar-refractivity contribution in [3.8, 4) is 22.8 Å². The van der Waals surface area contributed by atoms with E-state index in [9.17, 15) is 4.79 Å². The number of ether oxygens (including phenoxy) is 2. The van der Waals surface area contributed by atoms with E-state index < -0.39 is 0 Å². The van der Waals surface area contributed by atoms with Crippen LogP contribution < -0.4 is 9.47 Å². The number of methoxy groups -OCH3 is 1. The van der Waals surface area contributed by atoms with Crippen molar-refractivity contribution in [2.24, 2.45) is 0 Å². The molecule has 3 rings (SSSR count). The van der Waals surface area contributed by atoms with E-state index in [1.807, 2.05) is 59.9 Å². The fourth-order valence-electron chi connectivity index (χ4n) is 3.70. The highest BCUT2D eigenvalue weighted by molar-refractivity contribution is 8.10. The highest BCUT2D eigenvalue weighted by atomic mass is 32.2. The summed E-state index contributed by atoms with van der Waals surface area (Å²) in [5.74, 6) is 1.54. The van der Waals surface area contributed by atoms with Crippen LogP contribution >= 0.6 is 11.8 Å². The maximum absolute atomic E-state index is 12.3. The molecule has 196 valence electrons. The third-order valence-electron chi connectivity index (χ3n) is 4.81. The molecule has 1 aliphatic heterocycles. The number of Topliss-reactive ketones (excluding diaryl/α,β-unsaturated/α-hetero) is 1. The summed E-state index contributed by atoms with van der Waals surface area (Å²) in [6, 6.07) is 6.13. The lowest BCUT2D eigenvalue weighted by Gasteiger charge is -2.25. The Hall–Kier alpha value is -2.40. The van der Waals surface area contributed by atoms with Crippen molar-refractivity contribution in [2.45, 2.75) is 94.7 Å². The van der Waals surface area contributed by atoms with Crippen LogP contribution in [0.4, 0.5) is 0 Å². The molecule has 2 heterocycles. The van der Waals surface area contributed by atoms with Gasteiger partial charge in [-0.3, -0.25) is 4.79 Å². The highest BCUT2D eigenvalue weighted by Crippen LogP contribution is 2.45. The number of thioether (sulfide) groups is 1. The Morgan fingerprint density at radius 1 is 1.14 bits per heavy atom. The fraction of sp³-hybridized carbons (Fsp3) is 0.500. The monoisotopic (exact) mass is 501 g/mol. The van der Waals surface area contributed by atoms with Crippen molar-refractivity contribution in [1.82, 2.24) is 4.57 Å². The van der Waals surface area contributed by atoms with Crippen LogP contribution in [0.1, 0.15) is 97.3 Å². The number of allylic oxidation sites excluding steroid dienone is 1. The van der Waals surface area contributed by atoms with E-state index in [1.54, 1.807) is 25.8 Å². The third kappa shape index (κ3) is 8.34. The van der Waals surface area contributed by atoms with Crippen LogP contribution in [0.3, 0.4) is 0 Å². The van der Waals surface area contributed by atoms with Gasteiger partial charge in [0.15, 0.2) is 17.3 Å². The van der Waals surface area contributed by atoms with Crippen LogP contribution in [0, 0.1) is 0 Å². The molecule has 0 aliphatic carbocycles. The van der Waals surface area contributed by atoms with Gasteiger partial charge in [-0.05, 0) is 56.4 Å². The van der Waals surface area contributed by atoms with Crippen LogP contribution in [0.2, 0.25) is 0 Å². The maximum Gasteiger partial charge on any atom is 0.176 e. The lowest BCUT2D eigenvalue weighted by molar-refractivity contribution is 0.100. The summed E-state index contributed by atoms with van der Waals surface area (Å²) >= 11 is 1.57. The molecule has 0 spiro atoms. The summed E-state index contributed by atoms with van der Waals surface area (Å²) < 4.78 is 13.7. The number of rotatable bonds is 7. The maximum atomic E-state index is 12.3. The van der Waals surface area contributed by atoms with Crippen LogP contribution in [0.5, 0.6) is 11.5 Å². The summed E-state index contributed by atoms with van der Waals surface area (Å²) in [6.45, 7) is 24.5. The Labute approximate surface area is 218 Å². The van der Waals surface area contributed by atoms with Gasteiger partial charge in [-0.2, -0.15) is 0 Å². The minimum atomic E-state index is 0.0389. The number of fused-ring (bicyclic) bond motifs is 3. The molecule has 1 aromatic heterocycles. The van der Waals surface area contributed by atoms with Gasteiger partial charge in [0.25, 0.3) is 0 Å². The van der Waals surface area contributed by atoms with Crippen LogP contribution in [-0.4, -0.2) is 23.6 Å².